The fourth-order valence-corrected chi connectivity index (χ4v) is 2.36. The molecule has 0 bridgehead atoms. The highest BCUT2D eigenvalue weighted by atomic mass is 32.3. The monoisotopic (exact) mass is 668 g/mol. The number of ether oxygens (including phenoxy) is 2. The summed E-state index contributed by atoms with van der Waals surface area (Å²) in [6.45, 7) is 13.2. The molecule has 0 aliphatic rings. The van der Waals surface area contributed by atoms with E-state index >= 15 is 0 Å². The van der Waals surface area contributed by atoms with Crippen molar-refractivity contribution in [3.63, 3.8) is 0 Å². The van der Waals surface area contributed by atoms with Gasteiger partial charge in [-0.2, -0.15) is 0 Å². The molecule has 0 heterocycles. The van der Waals surface area contributed by atoms with Crippen molar-refractivity contribution < 1.29 is 56.2 Å². The molecule has 0 aromatic heterocycles. The fourth-order valence-electron chi connectivity index (χ4n) is 2.36. The number of rotatable bonds is 18. The third kappa shape index (κ3) is 43.9. The first kappa shape index (κ1) is 44.8. The summed E-state index contributed by atoms with van der Waals surface area (Å²) in [5.74, 6) is -0.536. The van der Waals surface area contributed by atoms with Crippen LogP contribution in [0.1, 0.15) is 39.5 Å². The molecule has 0 saturated carbocycles. The molecular formula is C24H48N10O10S. The van der Waals surface area contributed by atoms with Crippen LogP contribution >= 0.6 is 0 Å². The number of urea groups is 2. The summed E-state index contributed by atoms with van der Waals surface area (Å²) in [5.41, 5.74) is 21.6. The maximum absolute atomic E-state index is 11.3. The van der Waals surface area contributed by atoms with Crippen molar-refractivity contribution in [2.24, 2.45) is 22.9 Å². The Kier molecular flexibility index (Phi) is 28.0. The molecule has 0 fully saturated rings. The van der Waals surface area contributed by atoms with Gasteiger partial charge in [-0.15, -0.1) is 0 Å². The number of nitrogens with one attached hydrogen (secondary N) is 6. The second-order valence-corrected chi connectivity index (χ2v) is 9.60. The summed E-state index contributed by atoms with van der Waals surface area (Å²) < 4.78 is 43.7. The van der Waals surface area contributed by atoms with Crippen LogP contribution in [0.25, 0.3) is 0 Å². The molecule has 14 N–H and O–H groups in total. The summed E-state index contributed by atoms with van der Waals surface area (Å²) in [6.07, 6.45) is 3.29. The van der Waals surface area contributed by atoms with Crippen molar-refractivity contribution in [3.05, 3.63) is 24.3 Å². The van der Waals surface area contributed by atoms with Gasteiger partial charge in [0.2, 0.25) is 0 Å². The van der Waals surface area contributed by atoms with E-state index < -0.39 is 22.3 Å². The summed E-state index contributed by atoms with van der Waals surface area (Å²) in [7, 11) is -5.17. The molecule has 0 radical (unpaired) electrons. The van der Waals surface area contributed by atoms with Crippen molar-refractivity contribution in [3.8, 4) is 0 Å². The van der Waals surface area contributed by atoms with Crippen molar-refractivity contribution in [2.45, 2.75) is 39.5 Å². The predicted molar refractivity (Wildman–Crippen MR) is 162 cm³/mol. The minimum Gasteiger partial charge on any atom is -0.759 e. The highest BCUT2D eigenvalue weighted by molar-refractivity contribution is 7.79. The second kappa shape index (κ2) is 28.2. The standard InChI is InChI=1S/2C12H23N5O3.H2O4S/c2*1-9(2)10(18)20-8-7-17-12(19)16-6-4-3-5-15-11(13)14;1-5(2,3)4/h2*1,3-8H2,2H3,(H4,13,14,15)(H2,16,17,19);(H2,1,2,3,4). The first-order valence-electron chi connectivity index (χ1n) is 13.5. The molecule has 4 amide bonds. The van der Waals surface area contributed by atoms with E-state index in [0.29, 0.717) is 37.3 Å². The number of hydrogen-bond donors (Lipinski definition) is 10. The van der Waals surface area contributed by atoms with Crippen molar-refractivity contribution >= 4 is 46.3 Å². The first-order chi connectivity index (χ1) is 20.9. The average Bonchev–Trinajstić information content (AvgIpc) is 2.91. The van der Waals surface area contributed by atoms with Crippen molar-refractivity contribution in [1.82, 2.24) is 21.3 Å². The smallest absolute Gasteiger partial charge is 0.338 e. The van der Waals surface area contributed by atoms with Gasteiger partial charge < -0.3 is 39.8 Å². The van der Waals surface area contributed by atoms with Gasteiger partial charge in [0.15, 0.2) is 0 Å². The van der Waals surface area contributed by atoms with E-state index in [1.165, 1.54) is 0 Å². The minimum atomic E-state index is -5.17. The van der Waals surface area contributed by atoms with Gasteiger partial charge in [0, 0.05) is 34.6 Å². The number of hydrogen-bond acceptors (Lipinski definition) is 10. The zero-order valence-electron chi connectivity index (χ0n) is 25.7. The van der Waals surface area contributed by atoms with Crippen LogP contribution in [0.5, 0.6) is 0 Å². The third-order valence-electron chi connectivity index (χ3n) is 4.37. The van der Waals surface area contributed by atoms with Crippen LogP contribution in [0.4, 0.5) is 9.59 Å². The van der Waals surface area contributed by atoms with E-state index in [9.17, 15) is 19.2 Å². The van der Waals surface area contributed by atoms with Crippen LogP contribution in [-0.4, -0.2) is 106 Å². The van der Waals surface area contributed by atoms with Gasteiger partial charge in [-0.05, 0) is 39.5 Å². The van der Waals surface area contributed by atoms with E-state index in [4.69, 9.17) is 49.9 Å². The summed E-state index contributed by atoms with van der Waals surface area (Å²) >= 11 is 0. The molecule has 0 unspecified atom stereocenters. The lowest BCUT2D eigenvalue weighted by molar-refractivity contribution is -0.460. The number of carbonyl (C=O) groups excluding carboxylic acids is 4. The summed E-state index contributed by atoms with van der Waals surface area (Å²) in [5, 5.41) is 10.5. The van der Waals surface area contributed by atoms with E-state index in [0.717, 1.165) is 25.7 Å². The summed E-state index contributed by atoms with van der Waals surface area (Å²) in [6, 6.07) is -0.594. The fraction of sp³-hybridized carbons (Fsp3) is 0.583. The maximum Gasteiger partial charge on any atom is 0.338 e. The van der Waals surface area contributed by atoms with Gasteiger partial charge in [-0.1, -0.05) is 13.2 Å². The lowest BCUT2D eigenvalue weighted by atomic mass is 10.3. The molecule has 20 nitrogen and oxygen atoms in total. The molecule has 0 spiro atoms. The molecule has 0 aliphatic carbocycles. The normalized spacial score (nSPS) is 9.69. The second-order valence-electron chi connectivity index (χ2n) is 8.78. The number of nitrogens with two attached hydrogens (primary N) is 4. The molecule has 21 heteroatoms. The van der Waals surface area contributed by atoms with Crippen LogP contribution in [0.15, 0.2) is 24.3 Å². The van der Waals surface area contributed by atoms with Gasteiger partial charge in [0.1, 0.15) is 13.2 Å². The van der Waals surface area contributed by atoms with Gasteiger partial charge in [-0.25, -0.2) is 19.2 Å². The maximum atomic E-state index is 11.3. The number of carbonyl (C=O) groups is 4. The lowest BCUT2D eigenvalue weighted by Gasteiger charge is -2.07. The van der Waals surface area contributed by atoms with Gasteiger partial charge in [0.25, 0.3) is 0 Å². The van der Waals surface area contributed by atoms with Crippen LogP contribution in [-0.2, 0) is 29.5 Å². The first-order valence-corrected chi connectivity index (χ1v) is 14.8. The highest BCUT2D eigenvalue weighted by Crippen LogP contribution is 1.91. The Morgan fingerprint density at radius 1 is 0.644 bits per heavy atom. The van der Waals surface area contributed by atoms with Crippen molar-refractivity contribution in [1.29, 1.82) is 0 Å². The van der Waals surface area contributed by atoms with Crippen LogP contribution in [0.2, 0.25) is 0 Å². The largest absolute Gasteiger partial charge is 0.759 e. The molecule has 0 aromatic carbocycles. The number of guanidine groups is 2. The third-order valence-corrected chi connectivity index (χ3v) is 4.37. The van der Waals surface area contributed by atoms with E-state index in [2.05, 4.69) is 44.4 Å². The van der Waals surface area contributed by atoms with Crippen molar-refractivity contribution in [2.75, 3.05) is 52.5 Å². The Morgan fingerprint density at radius 2 is 0.933 bits per heavy atom. The number of amides is 4. The Bertz CT molecular complexity index is 1010. The molecule has 0 aliphatic heterocycles. The highest BCUT2D eigenvalue weighted by Gasteiger charge is 2.04. The molecular weight excluding hydrogens is 620 g/mol. The Labute approximate surface area is 263 Å². The van der Waals surface area contributed by atoms with Gasteiger partial charge >= 0.3 is 35.9 Å². The predicted octanol–water partition coefficient (Wildman–Crippen LogP) is -6.26. The minimum absolute atomic E-state index is 0.120. The number of unbranched alkanes of at least 4 members (excludes halogenated alkanes) is 2. The zero-order chi connectivity index (χ0) is 35.3. The number of esters is 2. The molecule has 0 aromatic rings. The topological polar surface area (TPSA) is 347 Å². The molecule has 260 valence electrons. The molecule has 0 atom stereocenters. The Morgan fingerprint density at radius 3 is 1.20 bits per heavy atom. The Hall–Kier alpha value is -4.63. The Balaban J connectivity index is -0.000000680. The van der Waals surface area contributed by atoms with Crippen LogP contribution in [0.3, 0.4) is 0 Å². The van der Waals surface area contributed by atoms with Crippen LogP contribution < -0.4 is 54.2 Å². The molecule has 0 rings (SSSR count). The van der Waals surface area contributed by atoms with Gasteiger partial charge in [0.05, 0.1) is 26.2 Å². The lowest BCUT2D eigenvalue weighted by Crippen LogP contribution is -2.78. The zero-order valence-corrected chi connectivity index (χ0v) is 26.5. The van der Waals surface area contributed by atoms with Gasteiger partial charge in [-0.3, -0.25) is 41.3 Å². The van der Waals surface area contributed by atoms with E-state index in [1.807, 2.05) is 0 Å². The SMILES string of the molecule is C=C(C)C(=O)OCCNC(=O)NCCCC[NH+]=C(N)N.C=C(C)C(=O)OCCNC(=O)NCCCC[NH+]=C(N)N.O=S(=O)([O-])[O-]. The molecule has 45 heavy (non-hydrogen) atoms. The summed E-state index contributed by atoms with van der Waals surface area (Å²) in [4.78, 5) is 50.3. The molecule has 0 saturated heterocycles. The van der Waals surface area contributed by atoms with E-state index in [-0.39, 0.29) is 50.3 Å². The van der Waals surface area contributed by atoms with Crippen LogP contribution in [0, 0.1) is 0 Å². The quantitative estimate of drug-likeness (QED) is 0.0124. The average molecular weight is 669 g/mol. The van der Waals surface area contributed by atoms with E-state index in [1.54, 1.807) is 13.8 Å².